The van der Waals surface area contributed by atoms with Crippen molar-refractivity contribution < 1.29 is 15.1 Å². The van der Waals surface area contributed by atoms with Gasteiger partial charge >= 0.3 is 81.8 Å². The predicted molar refractivity (Wildman–Crippen MR) is 47.9 cm³/mol. The molecule has 0 amide bonds. The first kappa shape index (κ1) is 9.92. The van der Waals surface area contributed by atoms with Crippen LogP contribution in [0.3, 0.4) is 0 Å². The predicted octanol–water partition coefficient (Wildman–Crippen LogP) is 1.07. The van der Waals surface area contributed by atoms with Crippen LogP contribution in [0.5, 0.6) is 0 Å². The molecule has 0 aromatic rings. The first-order chi connectivity index (χ1) is 6.02. The quantitative estimate of drug-likeness (QED) is 0.601. The molecule has 5 heteroatoms. The molecule has 0 aromatic carbocycles. The molecular formula is C8H16GeO4. The average molecular weight is 249 g/mol. The zero-order chi connectivity index (χ0) is 9.64. The summed E-state index contributed by atoms with van der Waals surface area (Å²) in [6.07, 6.45) is 0.380. The normalized spacial score (nSPS) is 48.9. The molecule has 0 saturated carbocycles. The first-order valence-corrected chi connectivity index (χ1v) is 8.16. The summed E-state index contributed by atoms with van der Waals surface area (Å²) in [7, 11) is 0. The first-order valence-electron chi connectivity index (χ1n) is 4.74. The molecule has 1 spiro atoms. The molecule has 2 fully saturated rings. The van der Waals surface area contributed by atoms with E-state index in [1.165, 1.54) is 0 Å². The summed E-state index contributed by atoms with van der Waals surface area (Å²) in [5, 5.41) is 0. The fraction of sp³-hybridized carbons (Fsp3) is 1.00. The molecule has 0 aliphatic carbocycles. The van der Waals surface area contributed by atoms with Crippen molar-refractivity contribution in [3.63, 3.8) is 0 Å². The molecular weight excluding hydrogens is 233 g/mol. The van der Waals surface area contributed by atoms with Gasteiger partial charge in [0.25, 0.3) is 0 Å². The molecule has 2 saturated heterocycles. The third kappa shape index (κ3) is 1.66. The van der Waals surface area contributed by atoms with Crippen molar-refractivity contribution in [2.75, 3.05) is 0 Å². The molecule has 13 heavy (non-hydrogen) atoms. The Morgan fingerprint density at radius 1 is 0.615 bits per heavy atom. The van der Waals surface area contributed by atoms with E-state index in [1.807, 2.05) is 27.7 Å². The molecule has 76 valence electrons. The molecule has 0 bridgehead atoms. The van der Waals surface area contributed by atoms with Gasteiger partial charge in [0.05, 0.1) is 0 Å². The monoisotopic (exact) mass is 250 g/mol. The summed E-state index contributed by atoms with van der Waals surface area (Å²) in [5.74, 6) is 0. The van der Waals surface area contributed by atoms with E-state index in [1.54, 1.807) is 0 Å². The van der Waals surface area contributed by atoms with Crippen molar-refractivity contribution in [3.8, 4) is 0 Å². The van der Waals surface area contributed by atoms with Gasteiger partial charge in [0.1, 0.15) is 0 Å². The zero-order valence-electron chi connectivity index (χ0n) is 8.44. The van der Waals surface area contributed by atoms with Gasteiger partial charge in [-0.05, 0) is 0 Å². The molecule has 2 heterocycles. The van der Waals surface area contributed by atoms with E-state index in [0.717, 1.165) is 0 Å². The second kappa shape index (κ2) is 3.20. The van der Waals surface area contributed by atoms with Crippen LogP contribution in [0.15, 0.2) is 0 Å². The minimum absolute atomic E-state index is 0.0949. The van der Waals surface area contributed by atoms with Crippen LogP contribution in [0.2, 0.25) is 0 Å². The van der Waals surface area contributed by atoms with Crippen molar-refractivity contribution in [1.82, 2.24) is 0 Å². The molecule has 4 nitrogen and oxygen atoms in total. The number of hydrogen-bond donors (Lipinski definition) is 0. The summed E-state index contributed by atoms with van der Waals surface area (Å²) in [5.41, 5.74) is 0. The summed E-state index contributed by atoms with van der Waals surface area (Å²) >= 11 is -3.25. The summed E-state index contributed by atoms with van der Waals surface area (Å²) in [6, 6.07) is 0. The van der Waals surface area contributed by atoms with Crippen LogP contribution in [0.4, 0.5) is 0 Å². The maximum absolute atomic E-state index is 5.68. The van der Waals surface area contributed by atoms with Gasteiger partial charge in [-0.1, -0.05) is 0 Å². The summed E-state index contributed by atoms with van der Waals surface area (Å²) in [6.45, 7) is 7.96. The molecule has 4 atom stereocenters. The minimum atomic E-state index is -3.25. The van der Waals surface area contributed by atoms with E-state index in [4.69, 9.17) is 15.1 Å². The van der Waals surface area contributed by atoms with Gasteiger partial charge in [0.2, 0.25) is 0 Å². The Balaban J connectivity index is 2.08. The van der Waals surface area contributed by atoms with E-state index < -0.39 is 14.6 Å². The topological polar surface area (TPSA) is 36.9 Å². The molecule has 0 N–H and O–H groups in total. The van der Waals surface area contributed by atoms with Crippen molar-refractivity contribution in [3.05, 3.63) is 0 Å². The SMILES string of the molecule is C[C@@H]1[O][Ge]2([O][C@@H](C)[C@@H](C)[O]2)[O][C@@H]1C. The molecule has 0 aromatic heterocycles. The van der Waals surface area contributed by atoms with Crippen molar-refractivity contribution >= 4 is 14.6 Å². The van der Waals surface area contributed by atoms with Crippen LogP contribution in [0, 0.1) is 0 Å². The van der Waals surface area contributed by atoms with E-state index in [-0.39, 0.29) is 24.4 Å². The van der Waals surface area contributed by atoms with E-state index in [2.05, 4.69) is 0 Å². The van der Waals surface area contributed by atoms with Crippen molar-refractivity contribution in [2.24, 2.45) is 0 Å². The third-order valence-electron chi connectivity index (χ3n) is 2.64. The summed E-state index contributed by atoms with van der Waals surface area (Å²) < 4.78 is 22.7. The van der Waals surface area contributed by atoms with Crippen LogP contribution in [-0.2, 0) is 15.1 Å². The van der Waals surface area contributed by atoms with Crippen LogP contribution in [0.25, 0.3) is 0 Å². The molecule has 0 radical (unpaired) electrons. The second-order valence-electron chi connectivity index (χ2n) is 3.79. The second-order valence-corrected chi connectivity index (χ2v) is 7.87. The summed E-state index contributed by atoms with van der Waals surface area (Å²) in [4.78, 5) is 0. The van der Waals surface area contributed by atoms with Gasteiger partial charge in [0, 0.05) is 0 Å². The van der Waals surface area contributed by atoms with Crippen LogP contribution >= 0.6 is 0 Å². The van der Waals surface area contributed by atoms with Gasteiger partial charge in [0.15, 0.2) is 0 Å². The van der Waals surface area contributed by atoms with E-state index >= 15 is 0 Å². The molecule has 0 unspecified atom stereocenters. The average Bonchev–Trinajstić information content (AvgIpc) is 2.39. The van der Waals surface area contributed by atoms with E-state index in [9.17, 15) is 0 Å². The fourth-order valence-electron chi connectivity index (χ4n) is 1.46. The molecule has 2 rings (SSSR count). The zero-order valence-corrected chi connectivity index (χ0v) is 10.5. The number of hydrogen-bond acceptors (Lipinski definition) is 4. The molecule has 2 aliphatic rings. The van der Waals surface area contributed by atoms with Gasteiger partial charge < -0.3 is 0 Å². The molecule has 2 aliphatic heterocycles. The van der Waals surface area contributed by atoms with Crippen molar-refractivity contribution in [2.45, 2.75) is 52.1 Å². The van der Waals surface area contributed by atoms with Gasteiger partial charge in [-0.25, -0.2) is 0 Å². The Bertz CT molecular complexity index is 165. The third-order valence-corrected chi connectivity index (χ3v) is 8.19. The van der Waals surface area contributed by atoms with E-state index in [0.29, 0.717) is 0 Å². The van der Waals surface area contributed by atoms with Crippen LogP contribution < -0.4 is 0 Å². The maximum atomic E-state index is 5.68. The Morgan fingerprint density at radius 2 is 0.846 bits per heavy atom. The van der Waals surface area contributed by atoms with Crippen LogP contribution in [-0.4, -0.2) is 39.0 Å². The Morgan fingerprint density at radius 3 is 1.08 bits per heavy atom. The Kier molecular flexibility index (Phi) is 2.44. The standard InChI is InChI=1S/C8H16GeO4/c1-5-6(2)11-9(10-5)12-7(3)8(4)13-9/h5-8H,1-4H3/t5-,6+,7-,8+,9?. The van der Waals surface area contributed by atoms with Crippen LogP contribution in [0.1, 0.15) is 27.7 Å². The van der Waals surface area contributed by atoms with Gasteiger partial charge in [-0.15, -0.1) is 0 Å². The fourth-order valence-corrected chi connectivity index (χ4v) is 7.59. The Labute approximate surface area is 82.2 Å². The van der Waals surface area contributed by atoms with Gasteiger partial charge in [-0.2, -0.15) is 0 Å². The Hall–Kier alpha value is 0.383. The van der Waals surface area contributed by atoms with Gasteiger partial charge in [-0.3, -0.25) is 0 Å². The van der Waals surface area contributed by atoms with Crippen molar-refractivity contribution in [1.29, 1.82) is 0 Å². The number of rotatable bonds is 0.